The van der Waals surface area contributed by atoms with Crippen molar-refractivity contribution in [2.24, 2.45) is 0 Å². The molecule has 0 spiro atoms. The number of furan rings is 3. The number of halogens is 3. The Hall–Kier alpha value is -11.4. The first-order valence-electron chi connectivity index (χ1n) is 31.0. The van der Waals surface area contributed by atoms with Crippen molar-refractivity contribution in [1.29, 1.82) is 0 Å². The van der Waals surface area contributed by atoms with Crippen LogP contribution in [0, 0.1) is 0 Å². The predicted octanol–water partition coefficient (Wildman–Crippen LogP) is 10.5. The number of piperazine rings is 1. The zero-order chi connectivity index (χ0) is 67.3. The minimum atomic E-state index is -4.40. The van der Waals surface area contributed by atoms with Crippen molar-refractivity contribution in [3.8, 4) is 68.3 Å². The van der Waals surface area contributed by atoms with Crippen molar-refractivity contribution >= 4 is 34.8 Å². The number of nitrogens with one attached hydrogen (secondary N) is 6. The fourth-order valence-electron chi connectivity index (χ4n) is 10.5. The van der Waals surface area contributed by atoms with Gasteiger partial charge in [-0.15, -0.1) is 0 Å². The quantitative estimate of drug-likeness (QED) is 0.0343. The molecule has 1 saturated heterocycles. The monoisotopic (exact) mass is 1320 g/mol. The SMILES string of the molecule is CC(C)OC1CC(n2cc(NC(=O)c3ccc(-c4cn[nH]c4)o3)c(-c3ccccn3)n2)C1.CN1CCN(CCn2cc(NC(=O)c3ccc(-c4cn[nH]c4)o3)c(-c3ccccn3)n2)CC1.O=C(Nc1cn(CCOCC(F)(F)F)nc1-c1ccccn1)c1ccc(-c2ccn[nH]2)o1. The maximum atomic E-state index is 12.9. The molecular weight excluding hydrogens is 1260 g/mol. The van der Waals surface area contributed by atoms with Gasteiger partial charge in [0.2, 0.25) is 0 Å². The van der Waals surface area contributed by atoms with Gasteiger partial charge in [-0.05, 0) is 113 Å². The van der Waals surface area contributed by atoms with E-state index < -0.39 is 18.7 Å². The number of aromatic amines is 3. The van der Waals surface area contributed by atoms with Crippen LogP contribution in [0.4, 0.5) is 30.2 Å². The molecule has 0 radical (unpaired) electrons. The third-order valence-corrected chi connectivity index (χ3v) is 15.4. The fourth-order valence-corrected chi connectivity index (χ4v) is 10.5. The number of ether oxygens (including phenoxy) is 2. The van der Waals surface area contributed by atoms with Crippen LogP contribution in [-0.2, 0) is 22.6 Å². The Morgan fingerprint density at radius 2 is 1.08 bits per heavy atom. The molecule has 31 heteroatoms. The van der Waals surface area contributed by atoms with Crippen molar-refractivity contribution in [2.75, 3.05) is 68.9 Å². The van der Waals surface area contributed by atoms with Crippen LogP contribution < -0.4 is 16.0 Å². The van der Waals surface area contributed by atoms with Crippen molar-refractivity contribution < 1.29 is 50.3 Å². The molecule has 2 aliphatic rings. The second-order valence-electron chi connectivity index (χ2n) is 22.9. The van der Waals surface area contributed by atoms with E-state index in [2.05, 4.69) is 88.2 Å². The average Bonchev–Trinajstić information content (AvgIpc) is 1.68. The van der Waals surface area contributed by atoms with E-state index >= 15 is 0 Å². The third kappa shape index (κ3) is 17.1. The van der Waals surface area contributed by atoms with E-state index in [-0.39, 0.29) is 60.5 Å². The van der Waals surface area contributed by atoms with E-state index in [0.29, 0.717) is 74.2 Å². The maximum absolute atomic E-state index is 12.9. The van der Waals surface area contributed by atoms with E-state index in [4.69, 9.17) is 28.2 Å². The molecule has 0 unspecified atom stereocenters. The van der Waals surface area contributed by atoms with Gasteiger partial charge in [0.05, 0.1) is 95.6 Å². The second-order valence-corrected chi connectivity index (χ2v) is 22.9. The molecule has 1 saturated carbocycles. The topological polar surface area (TPSA) is 330 Å². The fraction of sp³-hybridized carbons (Fsp3) is 0.273. The molecule has 13 heterocycles. The predicted molar refractivity (Wildman–Crippen MR) is 348 cm³/mol. The van der Waals surface area contributed by atoms with Crippen LogP contribution in [0.3, 0.4) is 0 Å². The molecule has 1 aliphatic carbocycles. The lowest BCUT2D eigenvalue weighted by atomic mass is 9.89. The van der Waals surface area contributed by atoms with Crippen LogP contribution in [-0.4, -0.2) is 174 Å². The summed E-state index contributed by atoms with van der Waals surface area (Å²) in [6, 6.07) is 28.3. The molecule has 0 atom stereocenters. The van der Waals surface area contributed by atoms with Gasteiger partial charge in [0.25, 0.3) is 17.7 Å². The lowest BCUT2D eigenvalue weighted by molar-refractivity contribution is -0.174. The lowest BCUT2D eigenvalue weighted by Gasteiger charge is -2.36. The molecule has 0 bridgehead atoms. The number of amides is 3. The van der Waals surface area contributed by atoms with Gasteiger partial charge >= 0.3 is 6.18 Å². The Labute approximate surface area is 551 Å². The first-order chi connectivity index (χ1) is 47.1. The number of hydrogen-bond donors (Lipinski definition) is 6. The Bertz CT molecular complexity index is 4450. The number of pyridine rings is 3. The van der Waals surface area contributed by atoms with Crippen LogP contribution in [0.15, 0.2) is 178 Å². The van der Waals surface area contributed by atoms with Crippen molar-refractivity contribution in [3.63, 3.8) is 0 Å². The van der Waals surface area contributed by atoms with Crippen molar-refractivity contribution in [2.45, 2.75) is 64.2 Å². The summed E-state index contributed by atoms with van der Waals surface area (Å²) < 4.78 is 69.4. The van der Waals surface area contributed by atoms with Crippen molar-refractivity contribution in [3.05, 3.63) is 183 Å². The highest BCUT2D eigenvalue weighted by Gasteiger charge is 2.34. The summed E-state index contributed by atoms with van der Waals surface area (Å²) in [5.41, 5.74) is 7.15. The minimum absolute atomic E-state index is 0.0521. The Morgan fingerprint density at radius 1 is 0.588 bits per heavy atom. The molecule has 12 aromatic rings. The number of nitrogens with zero attached hydrogens (tertiary/aromatic N) is 14. The van der Waals surface area contributed by atoms with Gasteiger partial charge in [0, 0.05) is 88.5 Å². The van der Waals surface area contributed by atoms with Gasteiger partial charge in [-0.2, -0.15) is 43.8 Å². The lowest BCUT2D eigenvalue weighted by Crippen LogP contribution is -2.45. The highest BCUT2D eigenvalue weighted by atomic mass is 19.4. The van der Waals surface area contributed by atoms with Gasteiger partial charge in [-0.3, -0.25) is 63.6 Å². The summed E-state index contributed by atoms with van der Waals surface area (Å²) >= 11 is 0. The molecule has 14 rings (SSSR count). The van der Waals surface area contributed by atoms with E-state index in [0.717, 1.165) is 63.2 Å². The molecule has 500 valence electrons. The van der Waals surface area contributed by atoms with Crippen LogP contribution in [0.2, 0.25) is 0 Å². The Morgan fingerprint density at radius 3 is 1.55 bits per heavy atom. The minimum Gasteiger partial charge on any atom is -0.451 e. The largest absolute Gasteiger partial charge is 0.451 e. The number of anilines is 3. The summed E-state index contributed by atoms with van der Waals surface area (Å²) in [5.74, 6) is 0.820. The van der Waals surface area contributed by atoms with Crippen molar-refractivity contribution in [1.82, 2.24) is 84.7 Å². The van der Waals surface area contributed by atoms with Crippen LogP contribution >= 0.6 is 0 Å². The zero-order valence-electron chi connectivity index (χ0n) is 52.8. The third-order valence-electron chi connectivity index (χ3n) is 15.4. The van der Waals surface area contributed by atoms with E-state index in [1.165, 1.54) is 16.9 Å². The van der Waals surface area contributed by atoms with Gasteiger partial charge in [-0.1, -0.05) is 18.2 Å². The normalized spacial score (nSPS) is 14.9. The average molecular weight is 1330 g/mol. The van der Waals surface area contributed by atoms with Gasteiger partial charge in [0.15, 0.2) is 23.0 Å². The molecule has 3 amide bonds. The van der Waals surface area contributed by atoms with E-state index in [1.807, 2.05) is 72.0 Å². The summed E-state index contributed by atoms with van der Waals surface area (Å²) in [5, 5.41) is 42.3. The number of aromatic nitrogens is 15. The first-order valence-corrected chi connectivity index (χ1v) is 31.0. The van der Waals surface area contributed by atoms with Crippen LogP contribution in [0.5, 0.6) is 0 Å². The smallest absolute Gasteiger partial charge is 0.411 e. The first kappa shape index (κ1) is 65.6. The number of carbonyl (C=O) groups excluding carboxylic acids is 3. The summed E-state index contributed by atoms with van der Waals surface area (Å²) in [7, 11) is 2.15. The number of likely N-dealkylation sites (N-methyl/N-ethyl adjacent to an activating group) is 1. The number of hydrogen-bond acceptors (Lipinski definition) is 19. The molecule has 0 aromatic carbocycles. The van der Waals surface area contributed by atoms with Gasteiger partial charge in [0.1, 0.15) is 40.9 Å². The number of rotatable bonds is 22. The molecule has 2 fully saturated rings. The molecule has 12 aromatic heterocycles. The Balaban J connectivity index is 0.000000139. The highest BCUT2D eigenvalue weighted by molar-refractivity contribution is 6.06. The van der Waals surface area contributed by atoms with Crippen LogP contribution in [0.25, 0.3) is 68.3 Å². The standard InChI is InChI=1S/C23H26N8O2.C23H24N6O3.C20H17F3N6O3/c1-29-8-10-30(11-9-29)12-13-31-16-19(22(28-31)18-4-2-3-7-24-18)27-23(32)21-6-5-20(33-21)17-14-25-26-15-17;1-14(2)31-17-9-16(10-17)29-13-19(22(28-29)18-5-3-4-8-24-18)27-23(30)21-7-6-20(32-21)15-11-25-26-12-15;21-20(22,23)12-31-10-9-29-11-15(18(28-29)14-3-1-2-7-24-14)26-19(30)17-5-4-16(32-17)13-6-8-25-27-13/h2-7,14-16H,8-13H2,1H3,(H,25,26)(H,27,32);3-8,11-14,16-17H,9-10H2,1-2H3,(H,25,26)(H,27,30);1-8,11H,9-10,12H2,(H,25,27)(H,26,30). The van der Waals surface area contributed by atoms with E-state index in [1.54, 1.807) is 104 Å². The summed E-state index contributed by atoms with van der Waals surface area (Å²) in [6.07, 6.45) is 16.3. The highest BCUT2D eigenvalue weighted by Crippen LogP contribution is 2.38. The number of alkyl halides is 3. The molecule has 1 aliphatic heterocycles. The maximum Gasteiger partial charge on any atom is 0.411 e. The zero-order valence-corrected chi connectivity index (χ0v) is 52.8. The van der Waals surface area contributed by atoms with E-state index in [9.17, 15) is 27.6 Å². The van der Waals surface area contributed by atoms with Gasteiger partial charge in [-0.25, -0.2) is 0 Å². The Kier molecular flexibility index (Phi) is 20.5. The summed E-state index contributed by atoms with van der Waals surface area (Å²) in [6.45, 7) is 8.45. The molecule has 28 nitrogen and oxygen atoms in total. The second kappa shape index (κ2) is 30.3. The van der Waals surface area contributed by atoms with Crippen LogP contribution in [0.1, 0.15) is 64.4 Å². The summed E-state index contributed by atoms with van der Waals surface area (Å²) in [4.78, 5) is 56.4. The van der Waals surface area contributed by atoms with Gasteiger partial charge < -0.3 is 43.6 Å². The molecule has 97 heavy (non-hydrogen) atoms. The molecular formula is C66H67F3N20O8. The number of H-pyrrole nitrogens is 3. The molecule has 6 N–H and O–H groups in total. The number of carbonyl (C=O) groups is 3.